The summed E-state index contributed by atoms with van der Waals surface area (Å²) in [6.07, 6.45) is 4.90. The summed E-state index contributed by atoms with van der Waals surface area (Å²) in [5.41, 5.74) is 3.92. The molecule has 0 atom stereocenters. The number of hydrogen-bond donors (Lipinski definition) is 2. The zero-order valence-corrected chi connectivity index (χ0v) is 12.8. The van der Waals surface area contributed by atoms with E-state index in [1.54, 1.807) is 0 Å². The van der Waals surface area contributed by atoms with Gasteiger partial charge in [0, 0.05) is 21.8 Å². The highest BCUT2D eigenvalue weighted by molar-refractivity contribution is 6.07. The van der Waals surface area contributed by atoms with E-state index in [4.69, 9.17) is 0 Å². The maximum Gasteiger partial charge on any atom is 0.0465 e. The summed E-state index contributed by atoms with van der Waals surface area (Å²) in [6.45, 7) is 4.49. The Morgan fingerprint density at radius 2 is 1.76 bits per heavy atom. The van der Waals surface area contributed by atoms with Crippen LogP contribution >= 0.6 is 0 Å². The fourth-order valence-corrected chi connectivity index (χ4v) is 2.93. The number of benzene rings is 2. The number of nitrogens with one attached hydrogen (secondary N) is 2. The summed E-state index contributed by atoms with van der Waals surface area (Å²) in [5.74, 6) is 0. The largest absolute Gasteiger partial charge is 0.355 e. The van der Waals surface area contributed by atoms with Crippen LogP contribution in [0.25, 0.3) is 21.8 Å². The van der Waals surface area contributed by atoms with Crippen LogP contribution in [-0.2, 0) is 6.42 Å². The van der Waals surface area contributed by atoms with Gasteiger partial charge in [0.2, 0.25) is 0 Å². The molecule has 0 bridgehead atoms. The monoisotopic (exact) mass is 280 g/mol. The predicted molar refractivity (Wildman–Crippen MR) is 91.9 cm³/mol. The average molecular weight is 280 g/mol. The van der Waals surface area contributed by atoms with Crippen molar-refractivity contribution in [2.75, 3.05) is 13.1 Å². The third-order valence-electron chi connectivity index (χ3n) is 4.07. The standard InChI is InChI=1S/C19H24N2/c1-2-12-20-13-6-5-7-15-10-11-19-17(14-15)16-8-3-4-9-18(16)21-19/h3-4,8-11,14,20-21H,2,5-7,12-13H2,1H3. The van der Waals surface area contributed by atoms with Crippen LogP contribution < -0.4 is 5.32 Å². The van der Waals surface area contributed by atoms with Crippen LogP contribution in [0.2, 0.25) is 0 Å². The van der Waals surface area contributed by atoms with Crippen LogP contribution in [0.3, 0.4) is 0 Å². The first-order valence-corrected chi connectivity index (χ1v) is 8.08. The fourth-order valence-electron chi connectivity index (χ4n) is 2.93. The van der Waals surface area contributed by atoms with Crippen molar-refractivity contribution in [1.82, 2.24) is 10.3 Å². The summed E-state index contributed by atoms with van der Waals surface area (Å²) in [4.78, 5) is 3.49. The molecule has 0 aliphatic rings. The van der Waals surface area contributed by atoms with Crippen molar-refractivity contribution in [2.45, 2.75) is 32.6 Å². The quantitative estimate of drug-likeness (QED) is 0.606. The molecule has 2 heteroatoms. The molecular weight excluding hydrogens is 256 g/mol. The minimum absolute atomic E-state index is 1.14. The topological polar surface area (TPSA) is 27.8 Å². The number of hydrogen-bond acceptors (Lipinski definition) is 1. The van der Waals surface area contributed by atoms with Crippen molar-refractivity contribution in [3.05, 3.63) is 48.0 Å². The Morgan fingerprint density at radius 1 is 0.905 bits per heavy atom. The molecule has 0 aliphatic carbocycles. The van der Waals surface area contributed by atoms with Gasteiger partial charge in [-0.25, -0.2) is 0 Å². The number of aryl methyl sites for hydroxylation is 1. The van der Waals surface area contributed by atoms with Gasteiger partial charge in [0.25, 0.3) is 0 Å². The second kappa shape index (κ2) is 6.77. The highest BCUT2D eigenvalue weighted by Crippen LogP contribution is 2.26. The molecule has 0 saturated heterocycles. The van der Waals surface area contributed by atoms with E-state index in [-0.39, 0.29) is 0 Å². The zero-order valence-electron chi connectivity index (χ0n) is 12.8. The molecule has 110 valence electrons. The molecule has 0 fully saturated rings. The number of rotatable bonds is 7. The van der Waals surface area contributed by atoms with Crippen LogP contribution in [0.4, 0.5) is 0 Å². The normalized spacial score (nSPS) is 11.5. The summed E-state index contributed by atoms with van der Waals surface area (Å²) in [6, 6.07) is 15.4. The molecule has 0 aliphatic heterocycles. The molecule has 2 N–H and O–H groups in total. The summed E-state index contributed by atoms with van der Waals surface area (Å²) >= 11 is 0. The number of unbranched alkanes of at least 4 members (excludes halogenated alkanes) is 1. The van der Waals surface area contributed by atoms with Crippen LogP contribution in [-0.4, -0.2) is 18.1 Å². The summed E-state index contributed by atoms with van der Waals surface area (Å²) < 4.78 is 0. The molecule has 1 aromatic heterocycles. The number of fused-ring (bicyclic) bond motifs is 3. The minimum atomic E-state index is 1.14. The molecule has 2 aromatic carbocycles. The van der Waals surface area contributed by atoms with Gasteiger partial charge in [-0.2, -0.15) is 0 Å². The molecule has 0 unspecified atom stereocenters. The third kappa shape index (κ3) is 3.27. The van der Waals surface area contributed by atoms with Crippen molar-refractivity contribution in [3.8, 4) is 0 Å². The molecule has 0 saturated carbocycles. The summed E-state index contributed by atoms with van der Waals surface area (Å²) in [5, 5.41) is 6.15. The van der Waals surface area contributed by atoms with E-state index < -0.39 is 0 Å². The van der Waals surface area contributed by atoms with E-state index in [9.17, 15) is 0 Å². The Morgan fingerprint density at radius 3 is 2.67 bits per heavy atom. The predicted octanol–water partition coefficient (Wildman–Crippen LogP) is 4.64. The number of para-hydroxylation sites is 1. The lowest BCUT2D eigenvalue weighted by molar-refractivity contribution is 0.617. The van der Waals surface area contributed by atoms with Gasteiger partial charge in [-0.1, -0.05) is 31.2 Å². The Bertz CT molecular complexity index is 712. The van der Waals surface area contributed by atoms with Gasteiger partial charge in [0.15, 0.2) is 0 Å². The van der Waals surface area contributed by atoms with Crippen molar-refractivity contribution in [2.24, 2.45) is 0 Å². The van der Waals surface area contributed by atoms with Gasteiger partial charge in [0.1, 0.15) is 0 Å². The van der Waals surface area contributed by atoms with Gasteiger partial charge in [-0.05, 0) is 62.5 Å². The van der Waals surface area contributed by atoms with Crippen LogP contribution in [0.5, 0.6) is 0 Å². The maximum atomic E-state index is 3.49. The number of aromatic amines is 1. The molecule has 3 rings (SSSR count). The van der Waals surface area contributed by atoms with Crippen molar-refractivity contribution < 1.29 is 0 Å². The smallest absolute Gasteiger partial charge is 0.0465 e. The lowest BCUT2D eigenvalue weighted by Gasteiger charge is -2.04. The van der Waals surface area contributed by atoms with Gasteiger partial charge in [0.05, 0.1) is 0 Å². The molecule has 0 radical (unpaired) electrons. The first-order chi connectivity index (χ1) is 10.4. The molecule has 2 nitrogen and oxygen atoms in total. The number of H-pyrrole nitrogens is 1. The van der Waals surface area contributed by atoms with Crippen LogP contribution in [0.1, 0.15) is 31.7 Å². The maximum absolute atomic E-state index is 3.49. The molecule has 3 aromatic rings. The number of aromatic nitrogens is 1. The van der Waals surface area contributed by atoms with Crippen LogP contribution in [0, 0.1) is 0 Å². The highest BCUT2D eigenvalue weighted by Gasteiger charge is 2.04. The Labute approximate surface area is 126 Å². The van der Waals surface area contributed by atoms with Gasteiger partial charge in [-0.3, -0.25) is 0 Å². The Kier molecular flexibility index (Phi) is 4.56. The van der Waals surface area contributed by atoms with E-state index in [2.05, 4.69) is 59.7 Å². The van der Waals surface area contributed by atoms with Crippen molar-refractivity contribution in [1.29, 1.82) is 0 Å². The van der Waals surface area contributed by atoms with E-state index >= 15 is 0 Å². The third-order valence-corrected chi connectivity index (χ3v) is 4.07. The highest BCUT2D eigenvalue weighted by atomic mass is 14.8. The molecule has 1 heterocycles. The Balaban J connectivity index is 1.68. The van der Waals surface area contributed by atoms with Crippen molar-refractivity contribution >= 4 is 21.8 Å². The summed E-state index contributed by atoms with van der Waals surface area (Å²) in [7, 11) is 0. The lowest BCUT2D eigenvalue weighted by atomic mass is 10.0. The van der Waals surface area contributed by atoms with E-state index in [0.717, 1.165) is 13.1 Å². The van der Waals surface area contributed by atoms with Crippen molar-refractivity contribution in [3.63, 3.8) is 0 Å². The molecular formula is C19H24N2. The average Bonchev–Trinajstić information content (AvgIpc) is 2.89. The second-order valence-electron chi connectivity index (χ2n) is 5.76. The lowest BCUT2D eigenvalue weighted by Crippen LogP contribution is -2.15. The molecule has 0 amide bonds. The Hall–Kier alpha value is -1.80. The first-order valence-electron chi connectivity index (χ1n) is 8.08. The van der Waals surface area contributed by atoms with E-state index in [0.29, 0.717) is 0 Å². The fraction of sp³-hybridized carbons (Fsp3) is 0.368. The molecule has 0 spiro atoms. The van der Waals surface area contributed by atoms with Crippen LogP contribution in [0.15, 0.2) is 42.5 Å². The second-order valence-corrected chi connectivity index (χ2v) is 5.76. The SMILES string of the molecule is CCCNCCCCc1ccc2[nH]c3ccccc3c2c1. The minimum Gasteiger partial charge on any atom is -0.355 e. The van der Waals surface area contributed by atoms with E-state index in [1.807, 2.05) is 0 Å². The van der Waals surface area contributed by atoms with Gasteiger partial charge in [-0.15, -0.1) is 0 Å². The van der Waals surface area contributed by atoms with Gasteiger partial charge < -0.3 is 10.3 Å². The van der Waals surface area contributed by atoms with Gasteiger partial charge >= 0.3 is 0 Å². The van der Waals surface area contributed by atoms with E-state index in [1.165, 1.54) is 53.1 Å². The zero-order chi connectivity index (χ0) is 14.5. The first kappa shape index (κ1) is 14.2. The molecule has 21 heavy (non-hydrogen) atoms.